The van der Waals surface area contributed by atoms with E-state index in [0.29, 0.717) is 24.2 Å². The molecule has 0 bridgehead atoms. The Bertz CT molecular complexity index is 593. The number of rotatable bonds is 5. The summed E-state index contributed by atoms with van der Waals surface area (Å²) in [7, 11) is 1.81. The van der Waals surface area contributed by atoms with Crippen molar-refractivity contribution in [3.05, 3.63) is 16.1 Å². The molecule has 1 aromatic rings. The summed E-state index contributed by atoms with van der Waals surface area (Å²) in [5, 5.41) is 5.11. The number of carbonyl (C=O) groups is 2. The average molecular weight is 338 g/mol. The minimum absolute atomic E-state index is 0.131. The molecule has 23 heavy (non-hydrogen) atoms. The summed E-state index contributed by atoms with van der Waals surface area (Å²) in [5.41, 5.74) is 5.54. The summed E-state index contributed by atoms with van der Waals surface area (Å²) in [6.07, 6.45) is 4.74. The van der Waals surface area contributed by atoms with Crippen LogP contribution in [0.3, 0.4) is 0 Å². The van der Waals surface area contributed by atoms with Crippen molar-refractivity contribution < 1.29 is 14.3 Å². The number of nitrogens with two attached hydrogens (primary N) is 1. The lowest BCUT2D eigenvalue weighted by Crippen LogP contribution is -2.45. The summed E-state index contributed by atoms with van der Waals surface area (Å²) < 4.78 is 5.80. The zero-order valence-corrected chi connectivity index (χ0v) is 14.0. The quantitative estimate of drug-likeness (QED) is 0.846. The van der Waals surface area contributed by atoms with Crippen LogP contribution in [0.5, 0.6) is 0 Å². The lowest BCUT2D eigenvalue weighted by Gasteiger charge is -2.32. The molecule has 2 aliphatic rings. The van der Waals surface area contributed by atoms with Crippen LogP contribution in [0.4, 0.5) is 4.79 Å². The maximum Gasteiger partial charge on any atom is 0.317 e. The molecule has 1 aromatic heterocycles. The first kappa shape index (κ1) is 16.2. The number of nitrogens with one attached hydrogen (secondary N) is 1. The van der Waals surface area contributed by atoms with Crippen LogP contribution < -0.4 is 11.1 Å². The Morgan fingerprint density at radius 1 is 1.57 bits per heavy atom. The summed E-state index contributed by atoms with van der Waals surface area (Å²) in [6, 6.07) is -0.132. The highest BCUT2D eigenvalue weighted by Crippen LogP contribution is 2.47. The van der Waals surface area contributed by atoms with E-state index in [0.717, 1.165) is 25.9 Å². The molecule has 126 valence electrons. The van der Waals surface area contributed by atoms with Gasteiger partial charge in [-0.3, -0.25) is 4.79 Å². The number of thiazole rings is 1. The summed E-state index contributed by atoms with van der Waals surface area (Å²) >= 11 is 1.31. The van der Waals surface area contributed by atoms with Gasteiger partial charge in [-0.15, -0.1) is 11.3 Å². The number of carbonyl (C=O) groups excluding carboxylic acids is 2. The summed E-state index contributed by atoms with van der Waals surface area (Å²) in [5.74, 6) is -0.552. The van der Waals surface area contributed by atoms with Crippen molar-refractivity contribution in [3.8, 4) is 0 Å². The Labute approximate surface area is 139 Å². The summed E-state index contributed by atoms with van der Waals surface area (Å²) in [6.45, 7) is 1.82. The highest BCUT2D eigenvalue weighted by Gasteiger charge is 2.48. The molecule has 1 aliphatic carbocycles. The second kappa shape index (κ2) is 6.45. The van der Waals surface area contributed by atoms with Gasteiger partial charge in [0.25, 0.3) is 5.91 Å². The molecular formula is C15H22N4O3S. The lowest BCUT2D eigenvalue weighted by atomic mass is 9.82. The number of ether oxygens (including phenoxy) is 1. The van der Waals surface area contributed by atoms with Crippen LogP contribution >= 0.6 is 11.3 Å². The minimum Gasteiger partial charge on any atom is -0.378 e. The molecule has 8 heteroatoms. The molecule has 2 heterocycles. The van der Waals surface area contributed by atoms with E-state index in [4.69, 9.17) is 10.5 Å². The second-order valence-electron chi connectivity index (χ2n) is 6.37. The highest BCUT2D eigenvalue weighted by atomic mass is 32.1. The minimum atomic E-state index is -0.552. The molecule has 2 atom stereocenters. The number of hydrogen-bond donors (Lipinski definition) is 2. The fraction of sp³-hybridized carbons (Fsp3) is 0.667. The van der Waals surface area contributed by atoms with Crippen LogP contribution in [0.1, 0.15) is 41.2 Å². The Morgan fingerprint density at radius 3 is 3.13 bits per heavy atom. The Balaban J connectivity index is 1.52. The molecule has 3 amide bonds. The monoisotopic (exact) mass is 338 g/mol. The molecule has 2 fully saturated rings. The van der Waals surface area contributed by atoms with E-state index in [1.165, 1.54) is 17.8 Å². The number of fused-ring (bicyclic) bond motifs is 1. The van der Waals surface area contributed by atoms with Crippen LogP contribution in [0.25, 0.3) is 0 Å². The van der Waals surface area contributed by atoms with Gasteiger partial charge in [0.15, 0.2) is 0 Å². The average Bonchev–Trinajstić information content (AvgIpc) is 3.18. The number of urea groups is 1. The van der Waals surface area contributed by atoms with Gasteiger partial charge >= 0.3 is 6.03 Å². The van der Waals surface area contributed by atoms with Gasteiger partial charge < -0.3 is 20.7 Å². The number of hydrogen-bond acceptors (Lipinski definition) is 5. The standard InChI is InChI=1S/C15H22N4O3S/c1-19(9-15-4-2-3-11(15)22-6-5-15)14(21)17-7-12-18-10(8-23-12)13(16)20/h8,11H,2-7,9H2,1H3,(H2,16,20)(H,17,21)/t11-,15-/m1/s1. The van der Waals surface area contributed by atoms with E-state index in [1.54, 1.807) is 10.3 Å². The fourth-order valence-corrected chi connectivity index (χ4v) is 4.38. The summed E-state index contributed by atoms with van der Waals surface area (Å²) in [4.78, 5) is 29.1. The molecule has 1 saturated carbocycles. The van der Waals surface area contributed by atoms with Crippen molar-refractivity contribution >= 4 is 23.3 Å². The number of nitrogens with zero attached hydrogens (tertiary/aromatic N) is 2. The van der Waals surface area contributed by atoms with Crippen molar-refractivity contribution in [2.45, 2.75) is 38.3 Å². The van der Waals surface area contributed by atoms with Gasteiger partial charge in [0.1, 0.15) is 10.7 Å². The lowest BCUT2D eigenvalue weighted by molar-refractivity contribution is 0.0585. The molecule has 1 saturated heterocycles. The maximum absolute atomic E-state index is 12.3. The van der Waals surface area contributed by atoms with Crippen molar-refractivity contribution in [2.75, 3.05) is 20.2 Å². The van der Waals surface area contributed by atoms with Gasteiger partial charge in [-0.05, 0) is 19.3 Å². The molecule has 0 spiro atoms. The van der Waals surface area contributed by atoms with Gasteiger partial charge in [0.05, 0.1) is 12.6 Å². The second-order valence-corrected chi connectivity index (χ2v) is 7.31. The Morgan fingerprint density at radius 2 is 2.39 bits per heavy atom. The SMILES string of the molecule is CN(C[C@]12CCC[C@H]1OCC2)C(=O)NCc1nc(C(N)=O)cs1. The van der Waals surface area contributed by atoms with Crippen LogP contribution in [0.15, 0.2) is 5.38 Å². The van der Waals surface area contributed by atoms with Crippen LogP contribution in [-0.2, 0) is 11.3 Å². The molecule has 0 aromatic carbocycles. The van der Waals surface area contributed by atoms with Crippen molar-refractivity contribution in [3.63, 3.8) is 0 Å². The number of aromatic nitrogens is 1. The van der Waals surface area contributed by atoms with E-state index in [1.807, 2.05) is 7.05 Å². The first-order chi connectivity index (χ1) is 11.0. The molecular weight excluding hydrogens is 316 g/mol. The highest BCUT2D eigenvalue weighted by molar-refractivity contribution is 7.09. The zero-order chi connectivity index (χ0) is 16.4. The Hall–Kier alpha value is -1.67. The molecule has 3 rings (SSSR count). The van der Waals surface area contributed by atoms with Gasteiger partial charge in [0.2, 0.25) is 0 Å². The largest absolute Gasteiger partial charge is 0.378 e. The number of primary amides is 1. The van der Waals surface area contributed by atoms with E-state index in [9.17, 15) is 9.59 Å². The molecule has 7 nitrogen and oxygen atoms in total. The van der Waals surface area contributed by atoms with Gasteiger partial charge in [-0.2, -0.15) is 0 Å². The maximum atomic E-state index is 12.3. The van der Waals surface area contributed by atoms with E-state index < -0.39 is 5.91 Å². The zero-order valence-electron chi connectivity index (χ0n) is 13.2. The van der Waals surface area contributed by atoms with Crippen LogP contribution in [-0.4, -0.2) is 48.1 Å². The smallest absolute Gasteiger partial charge is 0.317 e. The van der Waals surface area contributed by atoms with E-state index in [-0.39, 0.29) is 17.1 Å². The molecule has 0 radical (unpaired) electrons. The first-order valence-electron chi connectivity index (χ1n) is 7.85. The molecule has 0 unspecified atom stereocenters. The molecule has 1 aliphatic heterocycles. The Kier molecular flexibility index (Phi) is 4.54. The van der Waals surface area contributed by atoms with Crippen molar-refractivity contribution in [1.82, 2.24) is 15.2 Å². The third kappa shape index (κ3) is 3.32. The molecule has 3 N–H and O–H groups in total. The van der Waals surface area contributed by atoms with Gasteiger partial charge in [0, 0.05) is 31.0 Å². The third-order valence-electron chi connectivity index (χ3n) is 4.84. The van der Waals surface area contributed by atoms with Crippen LogP contribution in [0.2, 0.25) is 0 Å². The van der Waals surface area contributed by atoms with Gasteiger partial charge in [-0.1, -0.05) is 6.42 Å². The van der Waals surface area contributed by atoms with Gasteiger partial charge in [-0.25, -0.2) is 9.78 Å². The first-order valence-corrected chi connectivity index (χ1v) is 8.73. The van der Waals surface area contributed by atoms with Crippen molar-refractivity contribution in [1.29, 1.82) is 0 Å². The predicted molar refractivity (Wildman–Crippen MR) is 86.1 cm³/mol. The number of amides is 3. The predicted octanol–water partition coefficient (Wildman–Crippen LogP) is 1.34. The van der Waals surface area contributed by atoms with E-state index >= 15 is 0 Å². The van der Waals surface area contributed by atoms with Crippen LogP contribution in [0, 0.1) is 5.41 Å². The topological polar surface area (TPSA) is 97.6 Å². The van der Waals surface area contributed by atoms with E-state index in [2.05, 4.69) is 10.3 Å². The van der Waals surface area contributed by atoms with Crippen molar-refractivity contribution in [2.24, 2.45) is 11.1 Å². The fourth-order valence-electron chi connectivity index (χ4n) is 3.65. The normalized spacial score (nSPS) is 26.0. The third-order valence-corrected chi connectivity index (χ3v) is 5.69.